The van der Waals surface area contributed by atoms with Crippen molar-refractivity contribution in [2.45, 2.75) is 44.8 Å². The van der Waals surface area contributed by atoms with E-state index in [-0.39, 0.29) is 11.6 Å². The minimum atomic E-state index is -0.486. The van der Waals surface area contributed by atoms with Gasteiger partial charge in [-0.2, -0.15) is 0 Å². The summed E-state index contributed by atoms with van der Waals surface area (Å²) in [5.74, 6) is 0. The standard InChI is InChI=1S/C15H22N2O2/c1-14(2,3)19-13(18)17(4)12-7-5-11(6-8-12)15(16)9-10-15/h5-8H,9-10,16H2,1-4H3. The van der Waals surface area contributed by atoms with Crippen LogP contribution in [0.1, 0.15) is 39.2 Å². The van der Waals surface area contributed by atoms with E-state index >= 15 is 0 Å². The highest BCUT2D eigenvalue weighted by molar-refractivity contribution is 5.87. The van der Waals surface area contributed by atoms with Crippen LogP contribution in [0.2, 0.25) is 0 Å². The molecule has 1 aliphatic rings. The molecular weight excluding hydrogens is 240 g/mol. The molecule has 2 rings (SSSR count). The fraction of sp³-hybridized carbons (Fsp3) is 0.533. The van der Waals surface area contributed by atoms with Gasteiger partial charge in [-0.1, -0.05) is 12.1 Å². The third-order valence-corrected chi connectivity index (χ3v) is 3.29. The molecule has 1 fully saturated rings. The van der Waals surface area contributed by atoms with E-state index in [4.69, 9.17) is 10.5 Å². The largest absolute Gasteiger partial charge is 0.443 e. The number of nitrogens with zero attached hydrogens (tertiary/aromatic N) is 1. The van der Waals surface area contributed by atoms with Crippen LogP contribution in [0.15, 0.2) is 24.3 Å². The number of ether oxygens (including phenoxy) is 1. The van der Waals surface area contributed by atoms with Gasteiger partial charge in [-0.15, -0.1) is 0 Å². The van der Waals surface area contributed by atoms with Crippen molar-refractivity contribution in [1.29, 1.82) is 0 Å². The highest BCUT2D eigenvalue weighted by atomic mass is 16.6. The van der Waals surface area contributed by atoms with Crippen LogP contribution in [0.5, 0.6) is 0 Å². The molecule has 0 unspecified atom stereocenters. The molecule has 0 heterocycles. The molecule has 4 heteroatoms. The summed E-state index contributed by atoms with van der Waals surface area (Å²) in [6.45, 7) is 5.56. The van der Waals surface area contributed by atoms with Crippen LogP contribution in [0, 0.1) is 0 Å². The quantitative estimate of drug-likeness (QED) is 0.891. The maximum Gasteiger partial charge on any atom is 0.414 e. The number of hydrogen-bond acceptors (Lipinski definition) is 3. The molecule has 0 atom stereocenters. The van der Waals surface area contributed by atoms with Gasteiger partial charge >= 0.3 is 6.09 Å². The van der Waals surface area contributed by atoms with E-state index in [1.165, 1.54) is 4.90 Å². The molecule has 1 amide bonds. The molecule has 4 nitrogen and oxygen atoms in total. The lowest BCUT2D eigenvalue weighted by Gasteiger charge is -2.25. The summed E-state index contributed by atoms with van der Waals surface area (Å²) in [6.07, 6.45) is 1.72. The maximum atomic E-state index is 11.9. The zero-order chi connectivity index (χ0) is 14.3. The number of benzene rings is 1. The van der Waals surface area contributed by atoms with Gasteiger partial charge in [-0.05, 0) is 51.3 Å². The lowest BCUT2D eigenvalue weighted by atomic mass is 10.1. The average Bonchev–Trinajstić information content (AvgIpc) is 3.06. The molecule has 0 aliphatic heterocycles. The Morgan fingerprint density at radius 2 is 1.79 bits per heavy atom. The normalized spacial score (nSPS) is 16.9. The fourth-order valence-electron chi connectivity index (χ4n) is 1.88. The summed E-state index contributed by atoms with van der Waals surface area (Å²) >= 11 is 0. The van der Waals surface area contributed by atoms with Crippen LogP contribution in [0.25, 0.3) is 0 Å². The molecular formula is C15H22N2O2. The molecule has 0 bridgehead atoms. The van der Waals surface area contributed by atoms with Crippen LogP contribution in [-0.4, -0.2) is 18.7 Å². The summed E-state index contributed by atoms with van der Waals surface area (Å²) in [6, 6.07) is 7.80. The number of carbonyl (C=O) groups is 1. The van der Waals surface area contributed by atoms with E-state index in [0.717, 1.165) is 24.1 Å². The van der Waals surface area contributed by atoms with E-state index in [1.807, 2.05) is 45.0 Å². The predicted octanol–water partition coefficient (Wildman–Crippen LogP) is 3.01. The third-order valence-electron chi connectivity index (χ3n) is 3.29. The average molecular weight is 262 g/mol. The van der Waals surface area contributed by atoms with Crippen LogP contribution < -0.4 is 10.6 Å². The second-order valence-electron chi connectivity index (χ2n) is 6.24. The molecule has 104 valence electrons. The third kappa shape index (κ3) is 3.26. The Labute approximate surface area is 114 Å². The maximum absolute atomic E-state index is 11.9. The minimum absolute atomic E-state index is 0.136. The molecule has 0 aromatic heterocycles. The Hall–Kier alpha value is -1.55. The van der Waals surface area contributed by atoms with Crippen LogP contribution in [-0.2, 0) is 10.3 Å². The number of amides is 1. The van der Waals surface area contributed by atoms with Crippen molar-refractivity contribution in [2.75, 3.05) is 11.9 Å². The number of nitrogens with two attached hydrogens (primary N) is 1. The predicted molar refractivity (Wildman–Crippen MR) is 76.2 cm³/mol. The van der Waals surface area contributed by atoms with Crippen LogP contribution in [0.3, 0.4) is 0 Å². The molecule has 0 saturated heterocycles. The zero-order valence-corrected chi connectivity index (χ0v) is 12.1. The Balaban J connectivity index is 2.07. The zero-order valence-electron chi connectivity index (χ0n) is 12.1. The van der Waals surface area contributed by atoms with Crippen molar-refractivity contribution in [2.24, 2.45) is 5.73 Å². The van der Waals surface area contributed by atoms with Gasteiger partial charge in [-0.25, -0.2) is 4.79 Å². The Morgan fingerprint density at radius 3 is 2.21 bits per heavy atom. The lowest BCUT2D eigenvalue weighted by molar-refractivity contribution is 0.0589. The molecule has 1 saturated carbocycles. The van der Waals surface area contributed by atoms with Crippen molar-refractivity contribution in [3.05, 3.63) is 29.8 Å². The summed E-state index contributed by atoms with van der Waals surface area (Å²) in [5.41, 5.74) is 7.45. The Morgan fingerprint density at radius 1 is 1.26 bits per heavy atom. The minimum Gasteiger partial charge on any atom is -0.443 e. The second kappa shape index (κ2) is 4.53. The molecule has 0 spiro atoms. The Kier molecular flexibility index (Phi) is 3.31. The van der Waals surface area contributed by atoms with Crippen molar-refractivity contribution < 1.29 is 9.53 Å². The fourth-order valence-corrected chi connectivity index (χ4v) is 1.88. The summed E-state index contributed by atoms with van der Waals surface area (Å²) in [4.78, 5) is 13.4. The van der Waals surface area contributed by atoms with Gasteiger partial charge < -0.3 is 10.5 Å². The van der Waals surface area contributed by atoms with E-state index in [9.17, 15) is 4.79 Å². The number of carbonyl (C=O) groups excluding carboxylic acids is 1. The smallest absolute Gasteiger partial charge is 0.414 e. The van der Waals surface area contributed by atoms with Gasteiger partial charge in [0.15, 0.2) is 0 Å². The van der Waals surface area contributed by atoms with Gasteiger partial charge in [0.25, 0.3) is 0 Å². The van der Waals surface area contributed by atoms with E-state index in [1.54, 1.807) is 7.05 Å². The molecule has 19 heavy (non-hydrogen) atoms. The lowest BCUT2D eigenvalue weighted by Crippen LogP contribution is -2.34. The van der Waals surface area contributed by atoms with Crippen molar-refractivity contribution >= 4 is 11.8 Å². The molecule has 1 aromatic rings. The first-order valence-electron chi connectivity index (χ1n) is 6.57. The van der Waals surface area contributed by atoms with Gasteiger partial charge in [0.1, 0.15) is 5.60 Å². The number of anilines is 1. The highest BCUT2D eigenvalue weighted by Gasteiger charge is 2.39. The van der Waals surface area contributed by atoms with Crippen LogP contribution >= 0.6 is 0 Å². The summed E-state index contributed by atoms with van der Waals surface area (Å²) < 4.78 is 5.33. The summed E-state index contributed by atoms with van der Waals surface area (Å²) in [7, 11) is 1.71. The van der Waals surface area contributed by atoms with E-state index < -0.39 is 5.60 Å². The molecule has 2 N–H and O–H groups in total. The van der Waals surface area contributed by atoms with E-state index in [2.05, 4.69) is 0 Å². The van der Waals surface area contributed by atoms with Gasteiger partial charge in [0, 0.05) is 18.3 Å². The van der Waals surface area contributed by atoms with E-state index in [0.29, 0.717) is 0 Å². The second-order valence-corrected chi connectivity index (χ2v) is 6.24. The van der Waals surface area contributed by atoms with Gasteiger partial charge in [0.05, 0.1) is 0 Å². The first-order valence-corrected chi connectivity index (χ1v) is 6.57. The Bertz CT molecular complexity index is 470. The van der Waals surface area contributed by atoms with Crippen molar-refractivity contribution in [1.82, 2.24) is 0 Å². The number of rotatable bonds is 2. The molecule has 1 aromatic carbocycles. The van der Waals surface area contributed by atoms with Gasteiger partial charge in [0.2, 0.25) is 0 Å². The number of hydrogen-bond donors (Lipinski definition) is 1. The first-order chi connectivity index (χ1) is 8.71. The SMILES string of the molecule is CN(C(=O)OC(C)(C)C)c1ccc(C2(N)CC2)cc1. The summed E-state index contributed by atoms with van der Waals surface area (Å²) in [5, 5.41) is 0. The van der Waals surface area contributed by atoms with Crippen LogP contribution in [0.4, 0.5) is 10.5 Å². The highest BCUT2D eigenvalue weighted by Crippen LogP contribution is 2.42. The molecule has 1 aliphatic carbocycles. The van der Waals surface area contributed by atoms with Crippen molar-refractivity contribution in [3.8, 4) is 0 Å². The monoisotopic (exact) mass is 262 g/mol. The molecule has 0 radical (unpaired) electrons. The topological polar surface area (TPSA) is 55.6 Å². The van der Waals surface area contributed by atoms with Crippen molar-refractivity contribution in [3.63, 3.8) is 0 Å². The first kappa shape index (κ1) is 13.9. The van der Waals surface area contributed by atoms with Gasteiger partial charge in [-0.3, -0.25) is 4.90 Å².